The van der Waals surface area contributed by atoms with Crippen molar-refractivity contribution >= 4 is 5.96 Å². The zero-order valence-electron chi connectivity index (χ0n) is 9.77. The highest BCUT2D eigenvalue weighted by atomic mass is 16.2. The number of benzene rings is 1. The lowest BCUT2D eigenvalue weighted by molar-refractivity contribution is 0.299. The zero-order valence-corrected chi connectivity index (χ0v) is 9.77. The molecule has 0 aliphatic rings. The van der Waals surface area contributed by atoms with Crippen LogP contribution in [0.2, 0.25) is 0 Å². The van der Waals surface area contributed by atoms with Gasteiger partial charge in [0.2, 0.25) is 5.96 Å². The fourth-order valence-corrected chi connectivity index (χ4v) is 1.34. The maximum atomic E-state index is 8.79. The lowest BCUT2D eigenvalue weighted by Gasteiger charge is -2.03. The van der Waals surface area contributed by atoms with Crippen LogP contribution >= 0.6 is 0 Å². The Balaban J connectivity index is 2.60. The van der Waals surface area contributed by atoms with Crippen molar-refractivity contribution < 1.29 is 5.11 Å². The molecule has 0 saturated heterocycles. The Morgan fingerprint density at radius 1 is 1.35 bits per heavy atom. The number of nitriles is 1. The quantitative estimate of drug-likeness (QED) is 0.303. The van der Waals surface area contributed by atoms with Crippen molar-refractivity contribution in [2.45, 2.75) is 13.0 Å². The summed E-state index contributed by atoms with van der Waals surface area (Å²) in [5.74, 6) is 0.451. The second-order valence-corrected chi connectivity index (χ2v) is 3.44. The minimum Gasteiger partial charge on any atom is -0.396 e. The minimum absolute atomic E-state index is 0.160. The largest absolute Gasteiger partial charge is 0.396 e. The molecule has 1 aromatic carbocycles. The highest BCUT2D eigenvalue weighted by molar-refractivity contribution is 5.80. The third-order valence-corrected chi connectivity index (χ3v) is 2.25. The van der Waals surface area contributed by atoms with Gasteiger partial charge in [0.25, 0.3) is 0 Å². The second kappa shape index (κ2) is 7.25. The number of aliphatic imine (C=N–C) groups is 1. The molecule has 0 spiro atoms. The Labute approximate surface area is 101 Å². The van der Waals surface area contributed by atoms with Crippen LogP contribution in [-0.4, -0.2) is 24.7 Å². The molecule has 0 atom stereocenters. The standard InChI is InChI=1S/C12H16N4O/c1-14-12(16-9-13)15-8-11-4-2-10(3-5-11)6-7-17/h2-5,17H,6-8H2,1H3,(H2,14,15,16). The summed E-state index contributed by atoms with van der Waals surface area (Å²) >= 11 is 0. The maximum absolute atomic E-state index is 8.79. The minimum atomic E-state index is 0.160. The molecule has 3 N–H and O–H groups in total. The summed E-state index contributed by atoms with van der Waals surface area (Å²) in [6.07, 6.45) is 2.48. The van der Waals surface area contributed by atoms with E-state index in [1.165, 1.54) is 0 Å². The predicted molar refractivity (Wildman–Crippen MR) is 66.2 cm³/mol. The molecule has 0 aliphatic heterocycles. The van der Waals surface area contributed by atoms with Crippen molar-refractivity contribution in [2.75, 3.05) is 13.7 Å². The Morgan fingerprint density at radius 2 is 2.00 bits per heavy atom. The monoisotopic (exact) mass is 232 g/mol. The van der Waals surface area contributed by atoms with Gasteiger partial charge in [0.05, 0.1) is 6.54 Å². The molecular weight excluding hydrogens is 216 g/mol. The molecule has 0 aliphatic carbocycles. The first kappa shape index (κ1) is 13.0. The van der Waals surface area contributed by atoms with Crippen molar-refractivity contribution in [3.63, 3.8) is 0 Å². The van der Waals surface area contributed by atoms with Gasteiger partial charge in [-0.05, 0) is 17.5 Å². The Morgan fingerprint density at radius 3 is 2.53 bits per heavy atom. The van der Waals surface area contributed by atoms with E-state index in [0.29, 0.717) is 18.9 Å². The van der Waals surface area contributed by atoms with Gasteiger partial charge in [-0.3, -0.25) is 5.32 Å². The topological polar surface area (TPSA) is 80.4 Å². The van der Waals surface area contributed by atoms with Gasteiger partial charge in [-0.2, -0.15) is 5.26 Å². The van der Waals surface area contributed by atoms with Crippen LogP contribution in [0.5, 0.6) is 0 Å². The van der Waals surface area contributed by atoms with E-state index < -0.39 is 0 Å². The zero-order chi connectivity index (χ0) is 12.5. The van der Waals surface area contributed by atoms with Gasteiger partial charge in [0.15, 0.2) is 6.19 Å². The van der Waals surface area contributed by atoms with Crippen molar-refractivity contribution in [1.29, 1.82) is 5.26 Å². The number of aliphatic hydroxyl groups is 1. The summed E-state index contributed by atoms with van der Waals surface area (Å²) < 4.78 is 0. The summed E-state index contributed by atoms with van der Waals surface area (Å²) in [4.78, 5) is 4.20. The third-order valence-electron chi connectivity index (χ3n) is 2.25. The molecule has 1 rings (SSSR count). The van der Waals surface area contributed by atoms with E-state index in [0.717, 1.165) is 11.1 Å². The van der Waals surface area contributed by atoms with Crippen LogP contribution in [0.15, 0.2) is 29.3 Å². The van der Waals surface area contributed by atoms with Crippen LogP contribution in [0.3, 0.4) is 0 Å². The van der Waals surface area contributed by atoms with Gasteiger partial charge in [0.1, 0.15) is 0 Å². The summed E-state index contributed by atoms with van der Waals surface area (Å²) in [5.41, 5.74) is 2.16. The van der Waals surface area contributed by atoms with E-state index in [1.807, 2.05) is 30.5 Å². The maximum Gasteiger partial charge on any atom is 0.204 e. The lowest BCUT2D eigenvalue weighted by Crippen LogP contribution is -2.31. The SMILES string of the molecule is CN/C(=N/Cc1ccc(CCO)cc1)NC#N. The van der Waals surface area contributed by atoms with Gasteiger partial charge in [-0.1, -0.05) is 24.3 Å². The Bertz CT molecular complexity index is 406. The first-order valence-corrected chi connectivity index (χ1v) is 5.36. The van der Waals surface area contributed by atoms with Gasteiger partial charge in [0, 0.05) is 13.7 Å². The van der Waals surface area contributed by atoms with Crippen LogP contribution in [0.25, 0.3) is 0 Å². The van der Waals surface area contributed by atoms with Crippen LogP contribution in [0.1, 0.15) is 11.1 Å². The van der Waals surface area contributed by atoms with E-state index >= 15 is 0 Å². The lowest BCUT2D eigenvalue weighted by atomic mass is 10.1. The van der Waals surface area contributed by atoms with E-state index in [2.05, 4.69) is 15.6 Å². The highest BCUT2D eigenvalue weighted by Crippen LogP contribution is 2.06. The Hall–Kier alpha value is -2.06. The number of rotatable bonds is 4. The second-order valence-electron chi connectivity index (χ2n) is 3.44. The molecule has 90 valence electrons. The summed E-state index contributed by atoms with van der Waals surface area (Å²) in [5, 5.41) is 22.5. The number of nitrogens with zero attached hydrogens (tertiary/aromatic N) is 2. The van der Waals surface area contributed by atoms with E-state index in [-0.39, 0.29) is 6.61 Å². The van der Waals surface area contributed by atoms with Crippen molar-refractivity contribution in [3.05, 3.63) is 35.4 Å². The van der Waals surface area contributed by atoms with Crippen LogP contribution in [0, 0.1) is 11.5 Å². The molecule has 0 saturated carbocycles. The summed E-state index contributed by atoms with van der Waals surface area (Å²) in [6.45, 7) is 0.664. The summed E-state index contributed by atoms with van der Waals surface area (Å²) in [6, 6.07) is 7.87. The molecule has 1 aromatic rings. The normalized spacial score (nSPS) is 10.8. The third kappa shape index (κ3) is 4.53. The molecular formula is C12H16N4O. The molecule has 5 nitrogen and oxygen atoms in total. The molecule has 0 heterocycles. The fraction of sp³-hybridized carbons (Fsp3) is 0.333. The molecule has 0 aromatic heterocycles. The van der Waals surface area contributed by atoms with Crippen LogP contribution in [-0.2, 0) is 13.0 Å². The van der Waals surface area contributed by atoms with E-state index in [9.17, 15) is 0 Å². The smallest absolute Gasteiger partial charge is 0.204 e. The number of hydrogen-bond acceptors (Lipinski definition) is 3. The van der Waals surface area contributed by atoms with E-state index in [1.54, 1.807) is 7.05 Å². The van der Waals surface area contributed by atoms with Gasteiger partial charge in [-0.15, -0.1) is 0 Å². The van der Waals surface area contributed by atoms with Gasteiger partial charge < -0.3 is 10.4 Å². The fourth-order valence-electron chi connectivity index (χ4n) is 1.34. The van der Waals surface area contributed by atoms with Gasteiger partial charge >= 0.3 is 0 Å². The number of guanidine groups is 1. The van der Waals surface area contributed by atoms with Crippen molar-refractivity contribution in [2.24, 2.45) is 4.99 Å². The molecule has 0 amide bonds. The van der Waals surface area contributed by atoms with Crippen LogP contribution < -0.4 is 10.6 Å². The van der Waals surface area contributed by atoms with E-state index in [4.69, 9.17) is 10.4 Å². The molecule has 5 heteroatoms. The molecule has 0 unspecified atom stereocenters. The predicted octanol–water partition coefficient (Wildman–Crippen LogP) is 0.367. The summed E-state index contributed by atoms with van der Waals surface area (Å²) in [7, 11) is 1.70. The number of aliphatic hydroxyl groups excluding tert-OH is 1. The first-order valence-electron chi connectivity index (χ1n) is 5.36. The molecule has 0 fully saturated rings. The molecule has 0 radical (unpaired) electrons. The highest BCUT2D eigenvalue weighted by Gasteiger charge is 1.96. The Kier molecular flexibility index (Phi) is 5.55. The molecule has 0 bridgehead atoms. The van der Waals surface area contributed by atoms with Crippen molar-refractivity contribution in [1.82, 2.24) is 10.6 Å². The average molecular weight is 232 g/mol. The number of hydrogen-bond donors (Lipinski definition) is 3. The van der Waals surface area contributed by atoms with Crippen molar-refractivity contribution in [3.8, 4) is 6.19 Å². The van der Waals surface area contributed by atoms with Crippen LogP contribution in [0.4, 0.5) is 0 Å². The first-order chi connectivity index (χ1) is 8.30. The molecule has 17 heavy (non-hydrogen) atoms. The van der Waals surface area contributed by atoms with Gasteiger partial charge in [-0.25, -0.2) is 4.99 Å². The average Bonchev–Trinajstić information content (AvgIpc) is 2.36. The number of nitrogens with one attached hydrogen (secondary N) is 2.